The second kappa shape index (κ2) is 6.90. The molecule has 3 aliphatic heterocycles. The van der Waals surface area contributed by atoms with E-state index in [0.717, 1.165) is 5.56 Å². The molecule has 3 heterocycles. The Kier molecular flexibility index (Phi) is 4.75. The normalized spacial score (nSPS) is 35.4. The van der Waals surface area contributed by atoms with E-state index in [1.807, 2.05) is 44.2 Å². The van der Waals surface area contributed by atoms with Gasteiger partial charge in [0, 0.05) is 6.20 Å². The summed E-state index contributed by atoms with van der Waals surface area (Å²) in [5.74, 6) is -0.701. The van der Waals surface area contributed by atoms with Crippen LogP contribution >= 0.6 is 12.2 Å². The summed E-state index contributed by atoms with van der Waals surface area (Å²) in [7, 11) is 0. The Bertz CT molecular complexity index is 682. The lowest BCUT2D eigenvalue weighted by atomic mass is 10.1. The summed E-state index contributed by atoms with van der Waals surface area (Å²) in [6.45, 7) is 8.54. The fourth-order valence-corrected chi connectivity index (χ4v) is 3.86. The SMILES string of the molecule is C=CN1C[C@@H]([C@H]2O[C@@H]3OC(C)(C)O[C@@H]3[C@H]2OCc2ccccc2)OC1=S. The number of fused-ring (bicyclic) bond motifs is 1. The van der Waals surface area contributed by atoms with Gasteiger partial charge in [0.1, 0.15) is 24.4 Å². The summed E-state index contributed by atoms with van der Waals surface area (Å²) in [4.78, 5) is 1.79. The van der Waals surface area contributed by atoms with E-state index >= 15 is 0 Å². The molecule has 0 saturated carbocycles. The molecule has 0 spiro atoms. The lowest BCUT2D eigenvalue weighted by Crippen LogP contribution is -2.44. The van der Waals surface area contributed by atoms with Gasteiger partial charge < -0.3 is 28.6 Å². The van der Waals surface area contributed by atoms with Crippen LogP contribution in [0, 0.1) is 0 Å². The summed E-state index contributed by atoms with van der Waals surface area (Å²) >= 11 is 5.24. The van der Waals surface area contributed by atoms with Gasteiger partial charge in [-0.3, -0.25) is 0 Å². The van der Waals surface area contributed by atoms with E-state index in [1.165, 1.54) is 0 Å². The standard InChI is InChI=1S/C19H23NO5S/c1-4-20-10-13(22-18(20)26)14-15(21-11-12-8-6-5-7-9-12)16-17(23-14)25-19(2,3)24-16/h4-9,13-17H,1,10-11H2,2-3H3/t13-,14+,15-,16+,17+/m0/s1. The molecule has 0 N–H and O–H groups in total. The molecule has 4 rings (SSSR count). The third-order valence-electron chi connectivity index (χ3n) is 4.76. The van der Waals surface area contributed by atoms with Crippen molar-refractivity contribution in [2.24, 2.45) is 0 Å². The molecule has 0 radical (unpaired) electrons. The van der Waals surface area contributed by atoms with Gasteiger partial charge >= 0.3 is 0 Å². The van der Waals surface area contributed by atoms with Crippen LogP contribution in [0.2, 0.25) is 0 Å². The maximum absolute atomic E-state index is 6.23. The number of nitrogens with zero attached hydrogens (tertiary/aromatic N) is 1. The van der Waals surface area contributed by atoms with Crippen molar-refractivity contribution in [3.8, 4) is 0 Å². The van der Waals surface area contributed by atoms with Crippen molar-refractivity contribution in [3.63, 3.8) is 0 Å². The number of thiocarbonyl (C=S) groups is 1. The first-order valence-corrected chi connectivity index (χ1v) is 9.14. The van der Waals surface area contributed by atoms with Gasteiger partial charge in [-0.1, -0.05) is 36.9 Å². The van der Waals surface area contributed by atoms with Crippen molar-refractivity contribution in [1.29, 1.82) is 0 Å². The number of hydrogen-bond donors (Lipinski definition) is 0. The van der Waals surface area contributed by atoms with Crippen LogP contribution in [0.15, 0.2) is 43.1 Å². The van der Waals surface area contributed by atoms with Crippen LogP contribution < -0.4 is 0 Å². The molecule has 0 aromatic heterocycles. The maximum atomic E-state index is 6.23. The van der Waals surface area contributed by atoms with Crippen LogP contribution in [0.1, 0.15) is 19.4 Å². The summed E-state index contributed by atoms with van der Waals surface area (Å²) in [5.41, 5.74) is 1.09. The Hall–Kier alpha value is -1.51. The molecule has 6 nitrogen and oxygen atoms in total. The fraction of sp³-hybridized carbons (Fsp3) is 0.526. The Balaban J connectivity index is 1.51. The zero-order valence-corrected chi connectivity index (χ0v) is 15.7. The van der Waals surface area contributed by atoms with Crippen molar-refractivity contribution < 1.29 is 23.7 Å². The van der Waals surface area contributed by atoms with E-state index in [-0.39, 0.29) is 24.4 Å². The van der Waals surface area contributed by atoms with Gasteiger partial charge in [0.2, 0.25) is 0 Å². The molecule has 1 aromatic carbocycles. The lowest BCUT2D eigenvalue weighted by Gasteiger charge is -2.28. The predicted octanol–water partition coefficient (Wildman–Crippen LogP) is 2.58. The van der Waals surface area contributed by atoms with Crippen LogP contribution in [0.25, 0.3) is 0 Å². The van der Waals surface area contributed by atoms with Crippen LogP contribution in [0.3, 0.4) is 0 Å². The van der Waals surface area contributed by atoms with Crippen LogP contribution in [0.4, 0.5) is 0 Å². The maximum Gasteiger partial charge on any atom is 0.263 e. The zero-order chi connectivity index (χ0) is 18.3. The van der Waals surface area contributed by atoms with Crippen molar-refractivity contribution in [2.75, 3.05) is 6.54 Å². The van der Waals surface area contributed by atoms with Crippen molar-refractivity contribution in [3.05, 3.63) is 48.7 Å². The molecule has 0 unspecified atom stereocenters. The molecule has 0 aliphatic carbocycles. The fourth-order valence-electron chi connectivity index (χ4n) is 3.58. The summed E-state index contributed by atoms with van der Waals surface area (Å²) in [5, 5.41) is 0.398. The largest absolute Gasteiger partial charge is 0.463 e. The van der Waals surface area contributed by atoms with Gasteiger partial charge in [0.05, 0.1) is 13.2 Å². The van der Waals surface area contributed by atoms with Gasteiger partial charge in [0.25, 0.3) is 5.17 Å². The first-order chi connectivity index (χ1) is 12.5. The van der Waals surface area contributed by atoms with E-state index in [9.17, 15) is 0 Å². The minimum absolute atomic E-state index is 0.262. The highest BCUT2D eigenvalue weighted by atomic mass is 32.1. The molecule has 26 heavy (non-hydrogen) atoms. The first kappa shape index (κ1) is 17.9. The third kappa shape index (κ3) is 3.37. The molecule has 0 amide bonds. The Labute approximate surface area is 158 Å². The Morgan fingerprint density at radius 3 is 2.73 bits per heavy atom. The number of benzene rings is 1. The van der Waals surface area contributed by atoms with Crippen molar-refractivity contribution >= 4 is 17.4 Å². The minimum atomic E-state index is -0.701. The topological polar surface area (TPSA) is 49.4 Å². The first-order valence-electron chi connectivity index (χ1n) is 8.73. The van der Waals surface area contributed by atoms with Gasteiger partial charge in [-0.2, -0.15) is 0 Å². The number of ether oxygens (including phenoxy) is 5. The van der Waals surface area contributed by atoms with Gasteiger partial charge in [-0.05, 0) is 31.6 Å². The second-order valence-electron chi connectivity index (χ2n) is 7.09. The van der Waals surface area contributed by atoms with Crippen LogP contribution in [-0.4, -0.2) is 53.1 Å². The average molecular weight is 377 g/mol. The number of rotatable bonds is 5. The smallest absolute Gasteiger partial charge is 0.263 e. The molecule has 140 valence electrons. The summed E-state index contributed by atoms with van der Waals surface area (Å²) in [6.07, 6.45) is -0.0533. The molecular formula is C19H23NO5S. The summed E-state index contributed by atoms with van der Waals surface area (Å²) in [6, 6.07) is 10.0. The molecule has 0 bridgehead atoms. The van der Waals surface area contributed by atoms with E-state index in [1.54, 1.807) is 11.1 Å². The minimum Gasteiger partial charge on any atom is -0.463 e. The molecule has 3 saturated heterocycles. The van der Waals surface area contributed by atoms with E-state index in [2.05, 4.69) is 6.58 Å². The van der Waals surface area contributed by atoms with Crippen LogP contribution in [-0.2, 0) is 30.3 Å². The quantitative estimate of drug-likeness (QED) is 0.731. The monoisotopic (exact) mass is 377 g/mol. The highest BCUT2D eigenvalue weighted by molar-refractivity contribution is 7.80. The molecule has 1 aromatic rings. The number of hydrogen-bond acceptors (Lipinski definition) is 6. The highest BCUT2D eigenvalue weighted by Gasteiger charge is 2.58. The lowest BCUT2D eigenvalue weighted by molar-refractivity contribution is -0.227. The average Bonchev–Trinajstić information content (AvgIpc) is 3.23. The molecule has 3 fully saturated rings. The molecular weight excluding hydrogens is 354 g/mol. The van der Waals surface area contributed by atoms with E-state index in [0.29, 0.717) is 18.3 Å². The van der Waals surface area contributed by atoms with Crippen LogP contribution in [0.5, 0.6) is 0 Å². The van der Waals surface area contributed by atoms with E-state index < -0.39 is 12.1 Å². The van der Waals surface area contributed by atoms with Crippen molar-refractivity contribution in [1.82, 2.24) is 4.90 Å². The van der Waals surface area contributed by atoms with Gasteiger partial charge in [0.15, 0.2) is 12.1 Å². The molecule has 7 heteroatoms. The Morgan fingerprint density at radius 1 is 1.27 bits per heavy atom. The van der Waals surface area contributed by atoms with Crippen molar-refractivity contribution in [2.45, 2.75) is 56.9 Å². The molecule has 3 aliphatic rings. The molecule has 5 atom stereocenters. The predicted molar refractivity (Wildman–Crippen MR) is 98.1 cm³/mol. The Morgan fingerprint density at radius 2 is 2.04 bits per heavy atom. The third-order valence-corrected chi connectivity index (χ3v) is 5.09. The highest BCUT2D eigenvalue weighted by Crippen LogP contribution is 2.41. The summed E-state index contributed by atoms with van der Waals surface area (Å²) < 4.78 is 30.1. The second-order valence-corrected chi connectivity index (χ2v) is 7.44. The van der Waals surface area contributed by atoms with Gasteiger partial charge in [-0.25, -0.2) is 0 Å². The van der Waals surface area contributed by atoms with E-state index in [4.69, 9.17) is 35.9 Å². The van der Waals surface area contributed by atoms with Gasteiger partial charge in [-0.15, -0.1) is 0 Å². The zero-order valence-electron chi connectivity index (χ0n) is 14.9.